The second-order valence-corrected chi connectivity index (χ2v) is 6.66. The van der Waals surface area contributed by atoms with Gasteiger partial charge in [0.1, 0.15) is 11.9 Å². The number of halogens is 1. The van der Waals surface area contributed by atoms with Gasteiger partial charge < -0.3 is 4.74 Å². The van der Waals surface area contributed by atoms with E-state index in [4.69, 9.17) is 16.3 Å². The van der Waals surface area contributed by atoms with E-state index in [1.165, 1.54) is 0 Å². The fourth-order valence-electron chi connectivity index (χ4n) is 3.76. The monoisotopic (exact) mass is 342 g/mol. The highest BCUT2D eigenvalue weighted by molar-refractivity contribution is 6.30. The van der Waals surface area contributed by atoms with Crippen molar-refractivity contribution < 1.29 is 9.53 Å². The number of anilines is 1. The van der Waals surface area contributed by atoms with Crippen LogP contribution in [0.4, 0.5) is 5.69 Å². The zero-order chi connectivity index (χ0) is 16.7. The Balaban J connectivity index is 1.76. The van der Waals surface area contributed by atoms with Gasteiger partial charge in [-0.3, -0.25) is 14.6 Å². The fraction of sp³-hybridized carbons (Fsp3) is 0.316. The lowest BCUT2D eigenvalue weighted by atomic mass is 10.1. The minimum atomic E-state index is -0.0721. The predicted octanol–water partition coefficient (Wildman–Crippen LogP) is 3.86. The van der Waals surface area contributed by atoms with Gasteiger partial charge in [-0.1, -0.05) is 23.7 Å². The number of fused-ring (bicyclic) bond motifs is 1. The van der Waals surface area contributed by atoms with Gasteiger partial charge in [-0.15, -0.1) is 0 Å². The van der Waals surface area contributed by atoms with E-state index in [9.17, 15) is 4.79 Å². The third-order valence-corrected chi connectivity index (χ3v) is 5.15. The first-order chi connectivity index (χ1) is 11.7. The summed E-state index contributed by atoms with van der Waals surface area (Å²) in [7, 11) is 1.66. The molecule has 0 saturated carbocycles. The van der Waals surface area contributed by atoms with Crippen LogP contribution < -0.4 is 9.64 Å². The zero-order valence-electron chi connectivity index (χ0n) is 13.5. The second kappa shape index (κ2) is 6.11. The Morgan fingerprint density at radius 1 is 1.08 bits per heavy atom. The van der Waals surface area contributed by atoms with Crippen LogP contribution in [0.15, 0.2) is 48.5 Å². The van der Waals surface area contributed by atoms with Crippen molar-refractivity contribution in [2.24, 2.45) is 0 Å². The fourth-order valence-corrected chi connectivity index (χ4v) is 3.89. The molecule has 0 radical (unpaired) electrons. The maximum absolute atomic E-state index is 13.0. The van der Waals surface area contributed by atoms with Crippen LogP contribution in [-0.4, -0.2) is 30.5 Å². The van der Waals surface area contributed by atoms with E-state index in [0.717, 1.165) is 36.4 Å². The van der Waals surface area contributed by atoms with Gasteiger partial charge in [0.25, 0.3) is 0 Å². The molecule has 2 aromatic carbocycles. The van der Waals surface area contributed by atoms with E-state index in [-0.39, 0.29) is 18.1 Å². The molecule has 24 heavy (non-hydrogen) atoms. The molecule has 2 fully saturated rings. The molecule has 1 amide bonds. The first-order valence-corrected chi connectivity index (χ1v) is 8.55. The first kappa shape index (κ1) is 15.5. The number of nitrogens with zero attached hydrogens (tertiary/aromatic N) is 2. The molecule has 124 valence electrons. The highest BCUT2D eigenvalue weighted by Gasteiger charge is 2.49. The molecule has 2 atom stereocenters. The molecule has 4 rings (SSSR count). The summed E-state index contributed by atoms with van der Waals surface area (Å²) in [6.07, 6.45) is 1.92. The van der Waals surface area contributed by atoms with E-state index in [2.05, 4.69) is 4.90 Å². The van der Waals surface area contributed by atoms with Gasteiger partial charge in [-0.25, -0.2) is 0 Å². The molecule has 0 bridgehead atoms. The standard InChI is InChI=1S/C19H19ClN2O2/c1-24-16-10-4-13(5-11-16)18-21-12-2-3-17(21)19(23)22(18)15-8-6-14(20)7-9-15/h4-11,17-18H,2-3,12H2,1H3/t17-,18+/m0/s1. The molecule has 0 unspecified atom stereocenters. The lowest BCUT2D eigenvalue weighted by Crippen LogP contribution is -2.32. The van der Waals surface area contributed by atoms with E-state index >= 15 is 0 Å². The van der Waals surface area contributed by atoms with Crippen molar-refractivity contribution in [2.45, 2.75) is 25.0 Å². The van der Waals surface area contributed by atoms with Gasteiger partial charge in [0.2, 0.25) is 5.91 Å². The topological polar surface area (TPSA) is 32.8 Å². The summed E-state index contributed by atoms with van der Waals surface area (Å²) in [5.74, 6) is 0.995. The Hall–Kier alpha value is -2.04. The SMILES string of the molecule is COc1ccc([C@H]2N(c3ccc(Cl)cc3)C(=O)[C@@H]3CCCN32)cc1. The summed E-state index contributed by atoms with van der Waals surface area (Å²) in [4.78, 5) is 17.2. The number of benzene rings is 2. The number of hydrogen-bond donors (Lipinski definition) is 0. The molecule has 0 aromatic heterocycles. The Morgan fingerprint density at radius 2 is 1.79 bits per heavy atom. The molecule has 2 aliphatic rings. The number of hydrogen-bond acceptors (Lipinski definition) is 3. The van der Waals surface area contributed by atoms with Crippen LogP contribution in [0.25, 0.3) is 0 Å². The summed E-state index contributed by atoms with van der Waals surface area (Å²) >= 11 is 6.01. The normalized spacial score (nSPS) is 23.6. The van der Waals surface area contributed by atoms with Crippen molar-refractivity contribution in [1.82, 2.24) is 4.90 Å². The summed E-state index contributed by atoms with van der Waals surface area (Å²) < 4.78 is 5.26. The highest BCUT2D eigenvalue weighted by Crippen LogP contribution is 2.42. The lowest BCUT2D eigenvalue weighted by Gasteiger charge is -2.30. The van der Waals surface area contributed by atoms with Gasteiger partial charge in [0.15, 0.2) is 0 Å². The molecule has 5 heteroatoms. The van der Waals surface area contributed by atoms with Crippen molar-refractivity contribution in [1.29, 1.82) is 0 Å². The third-order valence-electron chi connectivity index (χ3n) is 4.89. The van der Waals surface area contributed by atoms with E-state index in [0.29, 0.717) is 5.02 Å². The highest BCUT2D eigenvalue weighted by atomic mass is 35.5. The average Bonchev–Trinajstić information content (AvgIpc) is 3.18. The van der Waals surface area contributed by atoms with Crippen LogP contribution in [0.2, 0.25) is 5.02 Å². The van der Waals surface area contributed by atoms with Crippen molar-refractivity contribution in [3.8, 4) is 5.75 Å². The van der Waals surface area contributed by atoms with Crippen molar-refractivity contribution >= 4 is 23.2 Å². The lowest BCUT2D eigenvalue weighted by molar-refractivity contribution is -0.119. The summed E-state index contributed by atoms with van der Waals surface area (Å²) in [6.45, 7) is 0.942. The molecule has 2 aliphatic heterocycles. The summed E-state index contributed by atoms with van der Waals surface area (Å²) in [6, 6.07) is 15.5. The first-order valence-electron chi connectivity index (χ1n) is 8.17. The van der Waals surface area contributed by atoms with E-state index in [1.807, 2.05) is 53.4 Å². The quantitative estimate of drug-likeness (QED) is 0.849. The second-order valence-electron chi connectivity index (χ2n) is 6.23. The predicted molar refractivity (Wildman–Crippen MR) is 94.4 cm³/mol. The molecule has 4 nitrogen and oxygen atoms in total. The molecule has 2 saturated heterocycles. The van der Waals surface area contributed by atoms with E-state index in [1.54, 1.807) is 7.11 Å². The van der Waals surface area contributed by atoms with Gasteiger partial charge in [-0.2, -0.15) is 0 Å². The van der Waals surface area contributed by atoms with Crippen LogP contribution in [0, 0.1) is 0 Å². The number of amides is 1. The van der Waals surface area contributed by atoms with Crippen LogP contribution in [0.1, 0.15) is 24.6 Å². The summed E-state index contributed by atoms with van der Waals surface area (Å²) in [5, 5.41) is 0.673. The van der Waals surface area contributed by atoms with Gasteiger partial charge in [-0.05, 0) is 54.8 Å². The average molecular weight is 343 g/mol. The molecule has 0 aliphatic carbocycles. The van der Waals surface area contributed by atoms with Gasteiger partial charge >= 0.3 is 0 Å². The molecule has 0 N–H and O–H groups in total. The van der Waals surface area contributed by atoms with Crippen LogP contribution >= 0.6 is 11.6 Å². The van der Waals surface area contributed by atoms with Crippen molar-refractivity contribution in [3.63, 3.8) is 0 Å². The minimum absolute atomic E-state index is 0.0206. The number of rotatable bonds is 3. The Labute approximate surface area is 146 Å². The third kappa shape index (κ3) is 2.46. The number of carbonyl (C=O) groups excluding carboxylic acids is 1. The van der Waals surface area contributed by atoms with Gasteiger partial charge in [0, 0.05) is 17.3 Å². The Bertz CT molecular complexity index is 745. The molecule has 2 aromatic rings. The zero-order valence-corrected chi connectivity index (χ0v) is 14.2. The molecule has 2 heterocycles. The van der Waals surface area contributed by atoms with Crippen LogP contribution in [0.5, 0.6) is 5.75 Å². The van der Waals surface area contributed by atoms with Crippen LogP contribution in [-0.2, 0) is 4.79 Å². The maximum Gasteiger partial charge on any atom is 0.246 e. The molecular weight excluding hydrogens is 324 g/mol. The largest absolute Gasteiger partial charge is 0.497 e. The summed E-state index contributed by atoms with van der Waals surface area (Å²) in [5.41, 5.74) is 1.99. The minimum Gasteiger partial charge on any atom is -0.497 e. The van der Waals surface area contributed by atoms with Crippen LogP contribution in [0.3, 0.4) is 0 Å². The van der Waals surface area contributed by atoms with Crippen molar-refractivity contribution in [2.75, 3.05) is 18.6 Å². The number of methoxy groups -OCH3 is 1. The van der Waals surface area contributed by atoms with Gasteiger partial charge in [0.05, 0.1) is 13.2 Å². The number of ether oxygens (including phenoxy) is 1. The number of carbonyl (C=O) groups is 1. The Morgan fingerprint density at radius 3 is 2.46 bits per heavy atom. The Kier molecular flexibility index (Phi) is 3.94. The smallest absolute Gasteiger partial charge is 0.246 e. The maximum atomic E-state index is 13.0. The molecule has 0 spiro atoms. The molecular formula is C19H19ClN2O2. The van der Waals surface area contributed by atoms with E-state index < -0.39 is 0 Å². The van der Waals surface area contributed by atoms with Crippen molar-refractivity contribution in [3.05, 3.63) is 59.1 Å².